The third-order valence-electron chi connectivity index (χ3n) is 4.03. The molecule has 1 aromatic rings. The first-order valence-electron chi connectivity index (χ1n) is 9.20. The van der Waals surface area contributed by atoms with E-state index in [9.17, 15) is 4.79 Å². The Balaban J connectivity index is 0.00000392. The van der Waals surface area contributed by atoms with E-state index in [-0.39, 0.29) is 36.4 Å². The summed E-state index contributed by atoms with van der Waals surface area (Å²) in [5.74, 6) is 1.88. The molecule has 1 fully saturated rings. The highest BCUT2D eigenvalue weighted by Gasteiger charge is 2.22. The monoisotopic (exact) mass is 569 g/mol. The Morgan fingerprint density at radius 3 is 2.61 bits per heavy atom. The van der Waals surface area contributed by atoms with Crippen LogP contribution in [-0.4, -0.2) is 79.7 Å². The molecule has 0 spiro atoms. The van der Waals surface area contributed by atoms with Gasteiger partial charge in [0.25, 0.3) is 0 Å². The van der Waals surface area contributed by atoms with E-state index in [0.717, 1.165) is 49.6 Å². The molecule has 9 nitrogen and oxygen atoms in total. The standard InChI is InChI=1S/C17H28BrN7O2.HI/c1-4-6-20-14(26)12-22-16(19-5-2)24-7-9-25(10-8-24)17-21-11-13(18)15(23-17)27-3;/h11H,4-10,12H2,1-3H3,(H,19,22)(H,20,26);1H. The second kappa shape index (κ2) is 13.0. The summed E-state index contributed by atoms with van der Waals surface area (Å²) in [4.78, 5) is 29.4. The van der Waals surface area contributed by atoms with Crippen LogP contribution in [0.1, 0.15) is 20.3 Å². The van der Waals surface area contributed by atoms with Gasteiger partial charge in [-0.2, -0.15) is 4.98 Å². The molecule has 1 aromatic heterocycles. The molecule has 0 aromatic carbocycles. The predicted octanol–water partition coefficient (Wildman–Crippen LogP) is 1.48. The Morgan fingerprint density at radius 1 is 1.29 bits per heavy atom. The number of ether oxygens (including phenoxy) is 1. The van der Waals surface area contributed by atoms with Crippen LogP contribution in [0.5, 0.6) is 5.88 Å². The number of aromatic nitrogens is 2. The van der Waals surface area contributed by atoms with E-state index in [1.807, 2.05) is 13.8 Å². The van der Waals surface area contributed by atoms with E-state index in [0.29, 0.717) is 18.4 Å². The van der Waals surface area contributed by atoms with Gasteiger partial charge in [-0.05, 0) is 29.3 Å². The van der Waals surface area contributed by atoms with Crippen LogP contribution in [0.2, 0.25) is 0 Å². The molecule has 0 atom stereocenters. The fraction of sp³-hybridized carbons (Fsp3) is 0.647. The molecule has 1 saturated heterocycles. The van der Waals surface area contributed by atoms with Crippen LogP contribution in [0.25, 0.3) is 0 Å². The largest absolute Gasteiger partial charge is 0.480 e. The van der Waals surface area contributed by atoms with E-state index in [2.05, 4.69) is 51.3 Å². The Morgan fingerprint density at radius 2 is 2.00 bits per heavy atom. The minimum Gasteiger partial charge on any atom is -0.480 e. The van der Waals surface area contributed by atoms with Crippen molar-refractivity contribution in [2.45, 2.75) is 20.3 Å². The molecule has 158 valence electrons. The lowest BCUT2D eigenvalue weighted by molar-refractivity contribution is -0.119. The van der Waals surface area contributed by atoms with Gasteiger partial charge in [-0.25, -0.2) is 9.98 Å². The van der Waals surface area contributed by atoms with Gasteiger partial charge in [-0.3, -0.25) is 4.79 Å². The Hall–Kier alpha value is -1.37. The number of rotatable bonds is 7. The van der Waals surface area contributed by atoms with Crippen molar-refractivity contribution in [2.75, 3.05) is 57.8 Å². The second-order valence-corrected chi connectivity index (χ2v) is 6.88. The summed E-state index contributed by atoms with van der Waals surface area (Å²) >= 11 is 3.37. The van der Waals surface area contributed by atoms with E-state index >= 15 is 0 Å². The van der Waals surface area contributed by atoms with Crippen molar-refractivity contribution in [3.8, 4) is 5.88 Å². The predicted molar refractivity (Wildman–Crippen MR) is 125 cm³/mol. The van der Waals surface area contributed by atoms with Crippen molar-refractivity contribution in [3.05, 3.63) is 10.7 Å². The molecule has 0 bridgehead atoms. The normalized spacial score (nSPS) is 14.4. The van der Waals surface area contributed by atoms with Gasteiger partial charge in [0.2, 0.25) is 17.7 Å². The Labute approximate surface area is 191 Å². The van der Waals surface area contributed by atoms with Crippen molar-refractivity contribution in [1.82, 2.24) is 25.5 Å². The first kappa shape index (κ1) is 24.7. The maximum atomic E-state index is 11.8. The lowest BCUT2D eigenvalue weighted by Gasteiger charge is -2.36. The molecule has 0 saturated carbocycles. The molecule has 1 amide bonds. The third kappa shape index (κ3) is 7.22. The summed E-state index contributed by atoms with van der Waals surface area (Å²) in [6.45, 7) is 8.67. The lowest BCUT2D eigenvalue weighted by Crippen LogP contribution is -2.53. The number of methoxy groups -OCH3 is 1. The molecular weight excluding hydrogens is 541 g/mol. The van der Waals surface area contributed by atoms with Crippen LogP contribution in [0, 0.1) is 0 Å². The SMILES string of the molecule is CCCNC(=O)CN=C(NCC)N1CCN(c2ncc(Br)c(OC)n2)CC1.I. The molecule has 2 rings (SSSR count). The zero-order valence-electron chi connectivity index (χ0n) is 16.6. The molecule has 11 heteroatoms. The highest BCUT2D eigenvalue weighted by Crippen LogP contribution is 2.23. The van der Waals surface area contributed by atoms with Gasteiger partial charge in [0, 0.05) is 39.3 Å². The molecule has 1 aliphatic rings. The number of nitrogens with zero attached hydrogens (tertiary/aromatic N) is 5. The fourth-order valence-electron chi connectivity index (χ4n) is 2.65. The zero-order chi connectivity index (χ0) is 19.6. The van der Waals surface area contributed by atoms with E-state index in [1.54, 1.807) is 13.3 Å². The van der Waals surface area contributed by atoms with E-state index < -0.39 is 0 Å². The van der Waals surface area contributed by atoms with Gasteiger partial charge in [0.15, 0.2) is 5.96 Å². The number of hydrogen-bond acceptors (Lipinski definition) is 6. The van der Waals surface area contributed by atoms with Crippen molar-refractivity contribution < 1.29 is 9.53 Å². The van der Waals surface area contributed by atoms with Gasteiger partial charge in [-0.15, -0.1) is 24.0 Å². The summed E-state index contributed by atoms with van der Waals surface area (Å²) in [5, 5.41) is 6.11. The van der Waals surface area contributed by atoms with Crippen molar-refractivity contribution >= 4 is 57.7 Å². The van der Waals surface area contributed by atoms with Crippen LogP contribution >= 0.6 is 39.9 Å². The van der Waals surface area contributed by atoms with Gasteiger partial charge in [0.1, 0.15) is 6.54 Å². The first-order valence-corrected chi connectivity index (χ1v) is 9.99. The van der Waals surface area contributed by atoms with Crippen molar-refractivity contribution in [3.63, 3.8) is 0 Å². The van der Waals surface area contributed by atoms with Gasteiger partial charge in [0.05, 0.1) is 17.8 Å². The number of piperazine rings is 1. The number of amides is 1. The lowest BCUT2D eigenvalue weighted by atomic mass is 10.3. The summed E-state index contributed by atoms with van der Waals surface area (Å²) in [5.41, 5.74) is 0. The fourth-order valence-corrected chi connectivity index (χ4v) is 3.00. The average Bonchev–Trinajstić information content (AvgIpc) is 2.70. The highest BCUT2D eigenvalue weighted by atomic mass is 127. The number of guanidine groups is 1. The third-order valence-corrected chi connectivity index (χ3v) is 4.58. The minimum atomic E-state index is -0.0544. The quantitative estimate of drug-likeness (QED) is 0.292. The number of carbonyl (C=O) groups excluding carboxylic acids is 1. The van der Waals surface area contributed by atoms with Crippen LogP contribution in [-0.2, 0) is 4.79 Å². The summed E-state index contributed by atoms with van der Waals surface area (Å²) in [7, 11) is 1.59. The number of carbonyl (C=O) groups is 1. The van der Waals surface area contributed by atoms with Crippen LogP contribution in [0.15, 0.2) is 15.7 Å². The smallest absolute Gasteiger partial charge is 0.241 e. The summed E-state index contributed by atoms with van der Waals surface area (Å²) < 4.78 is 5.98. The maximum Gasteiger partial charge on any atom is 0.241 e. The highest BCUT2D eigenvalue weighted by molar-refractivity contribution is 14.0. The topological polar surface area (TPSA) is 95.0 Å². The maximum absolute atomic E-state index is 11.8. The number of halogens is 2. The van der Waals surface area contributed by atoms with Crippen LogP contribution < -0.4 is 20.3 Å². The van der Waals surface area contributed by atoms with Crippen molar-refractivity contribution in [1.29, 1.82) is 0 Å². The average molecular weight is 570 g/mol. The molecule has 1 aliphatic heterocycles. The molecule has 2 heterocycles. The van der Waals surface area contributed by atoms with Crippen LogP contribution in [0.3, 0.4) is 0 Å². The number of nitrogens with one attached hydrogen (secondary N) is 2. The van der Waals surface area contributed by atoms with Crippen molar-refractivity contribution in [2.24, 2.45) is 4.99 Å². The molecule has 0 aliphatic carbocycles. The van der Waals surface area contributed by atoms with Gasteiger partial charge >= 0.3 is 0 Å². The Bertz CT molecular complexity index is 654. The molecule has 28 heavy (non-hydrogen) atoms. The molecule has 0 unspecified atom stereocenters. The van der Waals surface area contributed by atoms with Gasteiger partial charge < -0.3 is 25.2 Å². The number of hydrogen-bond donors (Lipinski definition) is 2. The Kier molecular flexibility index (Phi) is 11.4. The van der Waals surface area contributed by atoms with E-state index in [4.69, 9.17) is 4.74 Å². The number of anilines is 1. The summed E-state index contributed by atoms with van der Waals surface area (Å²) in [6, 6.07) is 0. The second-order valence-electron chi connectivity index (χ2n) is 6.02. The zero-order valence-corrected chi connectivity index (χ0v) is 20.5. The van der Waals surface area contributed by atoms with E-state index in [1.165, 1.54) is 0 Å². The number of aliphatic imine (C=N–C) groups is 1. The van der Waals surface area contributed by atoms with Crippen LogP contribution in [0.4, 0.5) is 5.95 Å². The van der Waals surface area contributed by atoms with Gasteiger partial charge in [-0.1, -0.05) is 6.92 Å². The molecular formula is C17H29BrIN7O2. The first-order chi connectivity index (χ1) is 13.1. The molecule has 2 N–H and O–H groups in total. The summed E-state index contributed by atoms with van der Waals surface area (Å²) in [6.07, 6.45) is 2.62. The minimum absolute atomic E-state index is 0. The molecule has 0 radical (unpaired) electrons.